The number of carbonyl (C=O) groups is 1. The van der Waals surface area contributed by atoms with Gasteiger partial charge in [-0.2, -0.15) is 0 Å². The molecule has 0 saturated carbocycles. The Bertz CT molecular complexity index is 393. The average molecular weight is 238 g/mol. The molecule has 0 radical (unpaired) electrons. The molecule has 0 spiro atoms. The van der Waals surface area contributed by atoms with Crippen LogP contribution < -0.4 is 15.8 Å². The zero-order chi connectivity index (χ0) is 12.8. The lowest BCUT2D eigenvalue weighted by atomic mass is 10.1. The van der Waals surface area contributed by atoms with Crippen LogP contribution in [0.4, 0.5) is 5.69 Å². The summed E-state index contributed by atoms with van der Waals surface area (Å²) in [4.78, 5) is 11.9. The van der Waals surface area contributed by atoms with E-state index in [4.69, 9.17) is 15.2 Å². The standard InChI is InChI=1S/C12H18N2O3/c1-8(16-2)7-14-12(15)9-5-4-6-10(17-3)11(9)13/h4-6,8H,7,13H2,1-3H3,(H,14,15). The van der Waals surface area contributed by atoms with Gasteiger partial charge < -0.3 is 20.5 Å². The van der Waals surface area contributed by atoms with Gasteiger partial charge in [0.2, 0.25) is 0 Å². The number of amides is 1. The zero-order valence-electron chi connectivity index (χ0n) is 10.3. The van der Waals surface area contributed by atoms with Gasteiger partial charge >= 0.3 is 0 Å². The van der Waals surface area contributed by atoms with Gasteiger partial charge in [-0.3, -0.25) is 4.79 Å². The molecule has 1 aromatic carbocycles. The topological polar surface area (TPSA) is 73.6 Å². The number of anilines is 1. The normalized spacial score (nSPS) is 11.9. The molecular formula is C12H18N2O3. The van der Waals surface area contributed by atoms with Gasteiger partial charge in [-0.05, 0) is 19.1 Å². The molecule has 0 saturated heterocycles. The quantitative estimate of drug-likeness (QED) is 0.752. The molecule has 0 aromatic heterocycles. The fraction of sp³-hybridized carbons (Fsp3) is 0.417. The Hall–Kier alpha value is -1.75. The van der Waals surface area contributed by atoms with E-state index in [0.29, 0.717) is 23.5 Å². The van der Waals surface area contributed by atoms with Crippen molar-refractivity contribution in [3.8, 4) is 5.75 Å². The monoisotopic (exact) mass is 238 g/mol. The van der Waals surface area contributed by atoms with E-state index in [1.807, 2.05) is 6.92 Å². The third-order valence-electron chi connectivity index (χ3n) is 2.48. The first-order valence-electron chi connectivity index (χ1n) is 5.33. The lowest BCUT2D eigenvalue weighted by Gasteiger charge is -2.13. The largest absolute Gasteiger partial charge is 0.495 e. The van der Waals surface area contributed by atoms with E-state index in [1.165, 1.54) is 7.11 Å². The van der Waals surface area contributed by atoms with Gasteiger partial charge in [-0.1, -0.05) is 6.07 Å². The van der Waals surface area contributed by atoms with Crippen molar-refractivity contribution in [3.05, 3.63) is 23.8 Å². The van der Waals surface area contributed by atoms with Crippen LogP contribution in [-0.2, 0) is 4.74 Å². The number of methoxy groups -OCH3 is 2. The van der Waals surface area contributed by atoms with Crippen LogP contribution in [0.15, 0.2) is 18.2 Å². The molecule has 1 atom stereocenters. The van der Waals surface area contributed by atoms with Gasteiger partial charge in [0.05, 0.1) is 24.5 Å². The Balaban J connectivity index is 2.75. The first kappa shape index (κ1) is 13.3. The molecule has 17 heavy (non-hydrogen) atoms. The van der Waals surface area contributed by atoms with E-state index < -0.39 is 0 Å². The highest BCUT2D eigenvalue weighted by atomic mass is 16.5. The van der Waals surface area contributed by atoms with Gasteiger partial charge in [0.1, 0.15) is 5.75 Å². The summed E-state index contributed by atoms with van der Waals surface area (Å²) in [5.41, 5.74) is 6.57. The van der Waals surface area contributed by atoms with Gasteiger partial charge in [-0.25, -0.2) is 0 Å². The molecule has 94 valence electrons. The summed E-state index contributed by atoms with van der Waals surface area (Å²) in [6, 6.07) is 5.10. The van der Waals surface area contributed by atoms with Crippen molar-refractivity contribution in [2.75, 3.05) is 26.5 Å². The summed E-state index contributed by atoms with van der Waals surface area (Å²) in [5.74, 6) is 0.266. The number of para-hydroxylation sites is 1. The number of hydrogen-bond donors (Lipinski definition) is 2. The third kappa shape index (κ3) is 3.35. The number of nitrogen functional groups attached to an aromatic ring is 1. The molecule has 1 amide bonds. The number of ether oxygens (including phenoxy) is 2. The Morgan fingerprint density at radius 1 is 1.47 bits per heavy atom. The number of nitrogens with two attached hydrogens (primary N) is 1. The van der Waals surface area contributed by atoms with Crippen molar-refractivity contribution in [3.63, 3.8) is 0 Å². The first-order chi connectivity index (χ1) is 8.10. The molecule has 0 aliphatic heterocycles. The van der Waals surface area contributed by atoms with E-state index >= 15 is 0 Å². The van der Waals surface area contributed by atoms with Crippen LogP contribution >= 0.6 is 0 Å². The summed E-state index contributed by atoms with van der Waals surface area (Å²) in [6.45, 7) is 2.31. The highest BCUT2D eigenvalue weighted by Crippen LogP contribution is 2.24. The fourth-order valence-corrected chi connectivity index (χ4v) is 1.34. The first-order valence-corrected chi connectivity index (χ1v) is 5.33. The maximum Gasteiger partial charge on any atom is 0.253 e. The molecule has 1 unspecified atom stereocenters. The number of rotatable bonds is 5. The molecule has 0 heterocycles. The molecular weight excluding hydrogens is 220 g/mol. The zero-order valence-corrected chi connectivity index (χ0v) is 10.3. The van der Waals surface area contributed by atoms with Crippen LogP contribution in [0.2, 0.25) is 0 Å². The lowest BCUT2D eigenvalue weighted by Crippen LogP contribution is -2.32. The maximum absolute atomic E-state index is 11.9. The van der Waals surface area contributed by atoms with Crippen LogP contribution in [0, 0.1) is 0 Å². The van der Waals surface area contributed by atoms with Gasteiger partial charge in [0, 0.05) is 13.7 Å². The second kappa shape index (κ2) is 6.10. The van der Waals surface area contributed by atoms with E-state index in [9.17, 15) is 4.79 Å². The smallest absolute Gasteiger partial charge is 0.253 e. The Kier molecular flexibility index (Phi) is 4.78. The van der Waals surface area contributed by atoms with E-state index in [1.54, 1.807) is 25.3 Å². The van der Waals surface area contributed by atoms with E-state index in [-0.39, 0.29) is 12.0 Å². The molecule has 0 aliphatic carbocycles. The summed E-state index contributed by atoms with van der Waals surface area (Å²) in [5, 5.41) is 2.74. The second-order valence-electron chi connectivity index (χ2n) is 3.68. The summed E-state index contributed by atoms with van der Waals surface area (Å²) in [6.07, 6.45) is -0.0363. The Labute approximate surface area is 101 Å². The molecule has 5 nitrogen and oxygen atoms in total. The minimum absolute atomic E-state index is 0.0363. The van der Waals surface area contributed by atoms with Gasteiger partial charge in [0.15, 0.2) is 0 Å². The summed E-state index contributed by atoms with van der Waals surface area (Å²) in [7, 11) is 3.11. The molecule has 1 aromatic rings. The van der Waals surface area contributed by atoms with Crippen LogP contribution in [-0.4, -0.2) is 32.8 Å². The predicted molar refractivity (Wildman–Crippen MR) is 66.2 cm³/mol. The van der Waals surface area contributed by atoms with Gasteiger partial charge in [0.25, 0.3) is 5.91 Å². The van der Waals surface area contributed by atoms with Crippen molar-refractivity contribution in [2.45, 2.75) is 13.0 Å². The van der Waals surface area contributed by atoms with Crippen molar-refractivity contribution in [1.82, 2.24) is 5.32 Å². The average Bonchev–Trinajstić information content (AvgIpc) is 2.35. The van der Waals surface area contributed by atoms with Crippen LogP contribution in [0.25, 0.3) is 0 Å². The Morgan fingerprint density at radius 2 is 2.18 bits per heavy atom. The second-order valence-corrected chi connectivity index (χ2v) is 3.68. The minimum Gasteiger partial charge on any atom is -0.495 e. The van der Waals surface area contributed by atoms with Crippen molar-refractivity contribution < 1.29 is 14.3 Å². The molecule has 5 heteroatoms. The van der Waals surface area contributed by atoms with E-state index in [2.05, 4.69) is 5.32 Å². The molecule has 3 N–H and O–H groups in total. The molecule has 0 fully saturated rings. The predicted octanol–water partition coefficient (Wildman–Crippen LogP) is 1.04. The minimum atomic E-state index is -0.231. The van der Waals surface area contributed by atoms with E-state index in [0.717, 1.165) is 0 Å². The highest BCUT2D eigenvalue weighted by Gasteiger charge is 2.13. The Morgan fingerprint density at radius 3 is 2.76 bits per heavy atom. The lowest BCUT2D eigenvalue weighted by molar-refractivity contribution is 0.0871. The van der Waals surface area contributed by atoms with Crippen molar-refractivity contribution >= 4 is 11.6 Å². The van der Waals surface area contributed by atoms with Crippen LogP contribution in [0.5, 0.6) is 5.75 Å². The van der Waals surface area contributed by atoms with Crippen LogP contribution in [0.3, 0.4) is 0 Å². The molecule has 0 bridgehead atoms. The van der Waals surface area contributed by atoms with Crippen molar-refractivity contribution in [2.24, 2.45) is 0 Å². The van der Waals surface area contributed by atoms with Crippen molar-refractivity contribution in [1.29, 1.82) is 0 Å². The molecule has 1 rings (SSSR count). The highest BCUT2D eigenvalue weighted by molar-refractivity contribution is 6.00. The number of nitrogens with one attached hydrogen (secondary N) is 1. The maximum atomic E-state index is 11.9. The number of benzene rings is 1. The fourth-order valence-electron chi connectivity index (χ4n) is 1.34. The molecule has 0 aliphatic rings. The summed E-state index contributed by atoms with van der Waals surface area (Å²) < 4.78 is 10.1. The summed E-state index contributed by atoms with van der Waals surface area (Å²) >= 11 is 0. The van der Waals surface area contributed by atoms with Gasteiger partial charge in [-0.15, -0.1) is 0 Å². The number of hydrogen-bond acceptors (Lipinski definition) is 4. The third-order valence-corrected chi connectivity index (χ3v) is 2.48. The number of carbonyl (C=O) groups excluding carboxylic acids is 1. The SMILES string of the molecule is COc1cccc(C(=O)NCC(C)OC)c1N. The van der Waals surface area contributed by atoms with Crippen LogP contribution in [0.1, 0.15) is 17.3 Å².